The molecule has 0 aliphatic carbocycles. The van der Waals surface area contributed by atoms with Crippen LogP contribution in [0.3, 0.4) is 0 Å². The molecule has 3 aromatic rings. The molecule has 6 nitrogen and oxygen atoms in total. The highest BCUT2D eigenvalue weighted by Gasteiger charge is 2.47. The maximum Gasteiger partial charge on any atom is 0.416 e. The molecule has 1 heterocycles. The summed E-state index contributed by atoms with van der Waals surface area (Å²) in [5.41, 5.74) is -5.88. The monoisotopic (exact) mass is 563 g/mol. The third-order valence-electron chi connectivity index (χ3n) is 5.59. The number of benzene rings is 3. The Kier molecular flexibility index (Phi) is 6.75. The third kappa shape index (κ3) is 5.34. The molecule has 4 amide bonds. The van der Waals surface area contributed by atoms with Gasteiger partial charge in [-0.1, -0.05) is 18.2 Å². The fourth-order valence-corrected chi connectivity index (χ4v) is 3.80. The summed E-state index contributed by atoms with van der Waals surface area (Å²) in [4.78, 5) is 27.3. The van der Waals surface area contributed by atoms with Gasteiger partial charge in [-0.3, -0.25) is 0 Å². The number of rotatable bonds is 3. The minimum atomic E-state index is -4.93. The van der Waals surface area contributed by atoms with Crippen molar-refractivity contribution in [1.29, 1.82) is 0 Å². The summed E-state index contributed by atoms with van der Waals surface area (Å²) in [7, 11) is 0. The summed E-state index contributed by atoms with van der Waals surface area (Å²) in [6.07, 6.45) is -17.3. The van der Waals surface area contributed by atoms with Crippen molar-refractivity contribution in [3.8, 4) is 0 Å². The maximum atomic E-state index is 13.4. The first-order chi connectivity index (χ1) is 18.0. The molecule has 0 unspecified atom stereocenters. The number of aliphatic hydroxyl groups excluding tert-OH is 1. The van der Waals surface area contributed by atoms with Crippen molar-refractivity contribution in [3.63, 3.8) is 0 Å². The molecule has 0 saturated carbocycles. The molecular formula is C24H14F9N3O3. The van der Waals surface area contributed by atoms with E-state index < -0.39 is 70.7 Å². The van der Waals surface area contributed by atoms with Crippen LogP contribution < -0.4 is 14.7 Å². The first-order valence-electron chi connectivity index (χ1n) is 10.7. The van der Waals surface area contributed by atoms with Gasteiger partial charge in [0, 0.05) is 0 Å². The molecule has 0 aromatic heterocycles. The van der Waals surface area contributed by atoms with Crippen molar-refractivity contribution in [2.75, 3.05) is 14.7 Å². The highest BCUT2D eigenvalue weighted by molar-refractivity contribution is 6.26. The van der Waals surface area contributed by atoms with Crippen LogP contribution in [-0.2, 0) is 18.5 Å². The molecule has 3 aromatic carbocycles. The highest BCUT2D eigenvalue weighted by Crippen LogP contribution is 2.39. The van der Waals surface area contributed by atoms with Gasteiger partial charge < -0.3 is 5.11 Å². The number of alkyl halides is 9. The Hall–Kier alpha value is -4.27. The number of hydrogen-bond acceptors (Lipinski definition) is 3. The molecule has 1 saturated heterocycles. The second-order valence-electron chi connectivity index (χ2n) is 8.13. The summed E-state index contributed by atoms with van der Waals surface area (Å²) in [6, 6.07) is 5.31. The molecule has 0 spiro atoms. The van der Waals surface area contributed by atoms with Crippen molar-refractivity contribution in [2.24, 2.45) is 0 Å². The minimum Gasteiger partial charge on any atom is -0.356 e. The van der Waals surface area contributed by atoms with Gasteiger partial charge in [0.15, 0.2) is 0 Å². The summed E-state index contributed by atoms with van der Waals surface area (Å²) in [5.74, 6) is 0. The van der Waals surface area contributed by atoms with Crippen molar-refractivity contribution in [3.05, 3.63) is 89.5 Å². The van der Waals surface area contributed by atoms with Crippen LogP contribution in [0.1, 0.15) is 16.7 Å². The fraction of sp³-hybridized carbons (Fsp3) is 0.167. The zero-order valence-electron chi connectivity index (χ0n) is 19.0. The van der Waals surface area contributed by atoms with Gasteiger partial charge in [0.25, 0.3) is 0 Å². The summed E-state index contributed by atoms with van der Waals surface area (Å²) >= 11 is 0. The van der Waals surface area contributed by atoms with Gasteiger partial charge in [0.05, 0.1) is 33.8 Å². The van der Waals surface area contributed by atoms with E-state index in [4.69, 9.17) is 0 Å². The Labute approximate surface area is 213 Å². The van der Waals surface area contributed by atoms with Crippen LogP contribution in [-0.4, -0.2) is 23.5 Å². The van der Waals surface area contributed by atoms with Crippen LogP contribution >= 0.6 is 0 Å². The molecule has 1 aliphatic heterocycles. The highest BCUT2D eigenvalue weighted by atomic mass is 19.4. The van der Waals surface area contributed by atoms with E-state index in [1.807, 2.05) is 0 Å². The predicted molar refractivity (Wildman–Crippen MR) is 119 cm³/mol. The second-order valence-corrected chi connectivity index (χ2v) is 8.13. The molecule has 0 atom stereocenters. The zero-order chi connectivity index (χ0) is 28.9. The molecule has 1 fully saturated rings. The first kappa shape index (κ1) is 27.8. The van der Waals surface area contributed by atoms with Gasteiger partial charge in [0.2, 0.25) is 6.35 Å². The summed E-state index contributed by atoms with van der Waals surface area (Å²) < 4.78 is 120. The standard InChI is InChI=1S/C24H14F9N3O3/c25-22(26,27)13-4-1-7-16(10-13)34-19(37)35(17-8-2-5-14(11-17)23(28,29)30)21(39)36(20(34)38)18-9-3-6-15(12-18)24(31,32)33/h1-12,19,37H. The maximum absolute atomic E-state index is 13.4. The van der Waals surface area contributed by atoms with E-state index >= 15 is 0 Å². The largest absolute Gasteiger partial charge is 0.416 e. The van der Waals surface area contributed by atoms with E-state index in [1.165, 1.54) is 0 Å². The number of imide groups is 1. The summed E-state index contributed by atoms with van der Waals surface area (Å²) in [5, 5.41) is 11.0. The molecule has 0 bridgehead atoms. The molecule has 206 valence electrons. The fourth-order valence-electron chi connectivity index (χ4n) is 3.80. The average Bonchev–Trinajstić information content (AvgIpc) is 2.83. The number of anilines is 3. The van der Waals surface area contributed by atoms with Crippen molar-refractivity contribution < 1.29 is 54.2 Å². The normalized spacial score (nSPS) is 15.8. The minimum absolute atomic E-state index is 0.0997. The Morgan fingerprint density at radius 1 is 0.538 bits per heavy atom. The number of carbonyl (C=O) groups excluding carboxylic acids is 2. The number of aliphatic hydroxyl groups is 1. The Morgan fingerprint density at radius 2 is 0.846 bits per heavy atom. The second kappa shape index (κ2) is 9.48. The third-order valence-corrected chi connectivity index (χ3v) is 5.59. The van der Waals surface area contributed by atoms with E-state index in [1.54, 1.807) is 0 Å². The molecular weight excluding hydrogens is 549 g/mol. The van der Waals surface area contributed by atoms with E-state index in [0.717, 1.165) is 36.4 Å². The molecule has 15 heteroatoms. The van der Waals surface area contributed by atoms with Crippen LogP contribution in [0.15, 0.2) is 72.8 Å². The van der Waals surface area contributed by atoms with Crippen LogP contribution in [0.25, 0.3) is 0 Å². The van der Waals surface area contributed by atoms with Gasteiger partial charge in [-0.25, -0.2) is 24.3 Å². The SMILES string of the molecule is O=C1N(c2cccc(C(F)(F)F)c2)C(=O)N(c2cccc(C(F)(F)F)c2)C(O)N1c1cccc(C(F)(F)F)c1. The average molecular weight is 563 g/mol. The zero-order valence-corrected chi connectivity index (χ0v) is 19.0. The summed E-state index contributed by atoms with van der Waals surface area (Å²) in [6.45, 7) is 0. The molecule has 1 aliphatic rings. The van der Waals surface area contributed by atoms with Crippen LogP contribution in [0, 0.1) is 0 Å². The topological polar surface area (TPSA) is 64.1 Å². The number of hydrogen-bond donors (Lipinski definition) is 1. The number of amides is 4. The first-order valence-corrected chi connectivity index (χ1v) is 10.7. The molecule has 1 N–H and O–H groups in total. The quantitative estimate of drug-likeness (QED) is 0.346. The van der Waals surface area contributed by atoms with Crippen molar-refractivity contribution in [1.82, 2.24) is 0 Å². The Balaban J connectivity index is 1.92. The lowest BCUT2D eigenvalue weighted by atomic mass is 10.1. The van der Waals surface area contributed by atoms with E-state index in [-0.39, 0.29) is 14.7 Å². The van der Waals surface area contributed by atoms with Crippen LogP contribution in [0.4, 0.5) is 66.2 Å². The molecule has 0 radical (unpaired) electrons. The lowest BCUT2D eigenvalue weighted by molar-refractivity contribution is -0.138. The number of carbonyl (C=O) groups is 2. The van der Waals surface area contributed by atoms with Gasteiger partial charge in [-0.15, -0.1) is 0 Å². The van der Waals surface area contributed by atoms with Gasteiger partial charge in [0.1, 0.15) is 0 Å². The van der Waals surface area contributed by atoms with Crippen molar-refractivity contribution >= 4 is 29.1 Å². The smallest absolute Gasteiger partial charge is 0.356 e. The van der Waals surface area contributed by atoms with E-state index in [0.29, 0.717) is 36.4 Å². The number of urea groups is 2. The lowest BCUT2D eigenvalue weighted by Gasteiger charge is -2.44. The van der Waals surface area contributed by atoms with Crippen LogP contribution in [0.2, 0.25) is 0 Å². The van der Waals surface area contributed by atoms with E-state index in [2.05, 4.69) is 0 Å². The van der Waals surface area contributed by atoms with E-state index in [9.17, 15) is 54.2 Å². The Morgan fingerprint density at radius 3 is 1.18 bits per heavy atom. The van der Waals surface area contributed by atoms with Crippen LogP contribution in [0.5, 0.6) is 0 Å². The Bertz CT molecular complexity index is 1340. The number of halogens is 9. The van der Waals surface area contributed by atoms with Gasteiger partial charge >= 0.3 is 30.6 Å². The predicted octanol–water partition coefficient (Wildman–Crippen LogP) is 7.09. The van der Waals surface area contributed by atoms with Gasteiger partial charge in [-0.2, -0.15) is 39.5 Å². The lowest BCUT2D eigenvalue weighted by Crippen LogP contribution is -2.67. The molecule has 4 rings (SSSR count). The molecule has 39 heavy (non-hydrogen) atoms. The van der Waals surface area contributed by atoms with Crippen molar-refractivity contribution in [2.45, 2.75) is 24.9 Å². The number of nitrogens with zero attached hydrogens (tertiary/aromatic N) is 3. The van der Waals surface area contributed by atoms with Gasteiger partial charge in [-0.05, 0) is 54.6 Å².